The van der Waals surface area contributed by atoms with Gasteiger partial charge in [0, 0.05) is 47.9 Å². The van der Waals surface area contributed by atoms with E-state index < -0.39 is 0 Å². The average molecular weight is 822 g/mol. The van der Waals surface area contributed by atoms with Gasteiger partial charge in [-0.25, -0.2) is 0 Å². The maximum Gasteiger partial charge on any atom is 0.145 e. The first kappa shape index (κ1) is 36.8. The van der Waals surface area contributed by atoms with Gasteiger partial charge in [0.05, 0.1) is 16.8 Å². The molecule has 0 N–H and O–H groups in total. The molecule has 0 atom stereocenters. The Bertz CT molecular complexity index is 3540. The molecule has 0 fully saturated rings. The summed E-state index contributed by atoms with van der Waals surface area (Å²) in [7, 11) is 0. The fourth-order valence-corrected chi connectivity index (χ4v) is 10.4. The van der Waals surface area contributed by atoms with E-state index in [1.54, 1.807) is 0 Å². The van der Waals surface area contributed by atoms with Gasteiger partial charge in [-0.1, -0.05) is 188 Å². The molecule has 0 bridgehead atoms. The van der Waals surface area contributed by atoms with Crippen molar-refractivity contribution in [3.8, 4) is 55.6 Å². The van der Waals surface area contributed by atoms with Gasteiger partial charge >= 0.3 is 0 Å². The molecule has 63 heavy (non-hydrogen) atoms. The van der Waals surface area contributed by atoms with Gasteiger partial charge in [-0.2, -0.15) is 0 Å². The average Bonchev–Trinajstić information content (AvgIpc) is 3.93. The first-order chi connectivity index (χ1) is 31.2. The molecular weight excluding hydrogens is 783 g/mol. The highest BCUT2D eigenvalue weighted by molar-refractivity contribution is 7.25. The van der Waals surface area contributed by atoms with Gasteiger partial charge < -0.3 is 9.32 Å². The Morgan fingerprint density at radius 2 is 0.857 bits per heavy atom. The van der Waals surface area contributed by atoms with Crippen molar-refractivity contribution in [1.29, 1.82) is 0 Å². The lowest BCUT2D eigenvalue weighted by Crippen LogP contribution is -2.13. The van der Waals surface area contributed by atoms with Crippen LogP contribution in [0.2, 0.25) is 0 Å². The molecule has 296 valence electrons. The van der Waals surface area contributed by atoms with Crippen molar-refractivity contribution in [3.05, 3.63) is 237 Å². The minimum atomic E-state index is 0.851. The topological polar surface area (TPSA) is 16.4 Å². The van der Waals surface area contributed by atoms with Crippen LogP contribution in [0.4, 0.5) is 17.1 Å². The Morgan fingerprint density at radius 3 is 1.44 bits per heavy atom. The predicted molar refractivity (Wildman–Crippen MR) is 268 cm³/mol. The third kappa shape index (κ3) is 6.50. The maximum absolute atomic E-state index is 7.13. The van der Waals surface area contributed by atoms with Crippen LogP contribution in [0.25, 0.3) is 97.7 Å². The zero-order valence-electron chi connectivity index (χ0n) is 34.3. The Balaban J connectivity index is 1.18. The molecular formula is C60H39NOS. The smallest absolute Gasteiger partial charge is 0.145 e. The lowest BCUT2D eigenvalue weighted by Gasteiger charge is -2.31. The van der Waals surface area contributed by atoms with E-state index in [1.165, 1.54) is 31.3 Å². The minimum absolute atomic E-state index is 0.851. The van der Waals surface area contributed by atoms with Gasteiger partial charge in [-0.15, -0.1) is 11.3 Å². The molecule has 12 rings (SSSR count). The zero-order valence-corrected chi connectivity index (χ0v) is 35.1. The summed E-state index contributed by atoms with van der Waals surface area (Å²) in [4.78, 5) is 2.50. The molecule has 12 aromatic rings. The molecule has 0 spiro atoms. The van der Waals surface area contributed by atoms with E-state index in [9.17, 15) is 0 Å². The third-order valence-corrected chi connectivity index (χ3v) is 13.4. The first-order valence-corrected chi connectivity index (χ1v) is 22.2. The normalized spacial score (nSPS) is 11.5. The van der Waals surface area contributed by atoms with Crippen LogP contribution < -0.4 is 4.90 Å². The molecule has 0 saturated carbocycles. The van der Waals surface area contributed by atoms with E-state index >= 15 is 0 Å². The molecule has 0 saturated heterocycles. The number of benzene rings is 10. The largest absolute Gasteiger partial charge is 0.455 e. The van der Waals surface area contributed by atoms with Crippen LogP contribution in [0.15, 0.2) is 241 Å². The van der Waals surface area contributed by atoms with E-state index in [0.29, 0.717) is 0 Å². The second kappa shape index (κ2) is 15.5. The van der Waals surface area contributed by atoms with Crippen LogP contribution in [0.1, 0.15) is 0 Å². The molecule has 2 heterocycles. The monoisotopic (exact) mass is 821 g/mol. The zero-order chi connectivity index (χ0) is 41.7. The van der Waals surface area contributed by atoms with Crippen molar-refractivity contribution in [1.82, 2.24) is 0 Å². The van der Waals surface area contributed by atoms with Crippen LogP contribution in [-0.2, 0) is 0 Å². The lowest BCUT2D eigenvalue weighted by molar-refractivity contribution is 0.670. The highest BCUT2D eigenvalue weighted by atomic mass is 32.1. The summed E-state index contributed by atoms with van der Waals surface area (Å²) in [5.74, 6) is 0. The number of hydrogen-bond acceptors (Lipinski definition) is 3. The number of para-hydroxylation sites is 1. The Labute approximate surface area is 370 Å². The number of rotatable bonds is 8. The summed E-state index contributed by atoms with van der Waals surface area (Å²) in [5.41, 5.74) is 16.4. The molecule has 0 amide bonds. The fraction of sp³-hybridized carbons (Fsp3) is 0. The van der Waals surface area contributed by atoms with Crippen LogP contribution in [-0.4, -0.2) is 0 Å². The Hall–Kier alpha value is -7.98. The number of fused-ring (bicyclic) bond motifs is 6. The van der Waals surface area contributed by atoms with Crippen LogP contribution in [0, 0.1) is 0 Å². The summed E-state index contributed by atoms with van der Waals surface area (Å²) < 4.78 is 9.66. The maximum atomic E-state index is 7.13. The second-order valence-corrected chi connectivity index (χ2v) is 17.1. The van der Waals surface area contributed by atoms with E-state index in [-0.39, 0.29) is 0 Å². The number of nitrogens with zero attached hydrogens (tertiary/aromatic N) is 1. The predicted octanol–water partition coefficient (Wildman–Crippen LogP) is 17.8. The molecule has 3 heteroatoms. The summed E-state index contributed by atoms with van der Waals surface area (Å²) in [6, 6.07) is 85.3. The van der Waals surface area contributed by atoms with Gasteiger partial charge in [-0.05, 0) is 87.5 Å². The van der Waals surface area contributed by atoms with Gasteiger partial charge in [-0.3, -0.25) is 0 Å². The lowest BCUT2D eigenvalue weighted by atomic mass is 9.93. The van der Waals surface area contributed by atoms with E-state index in [1.807, 2.05) is 11.3 Å². The van der Waals surface area contributed by atoms with Crippen LogP contribution in [0.3, 0.4) is 0 Å². The highest BCUT2D eigenvalue weighted by Gasteiger charge is 2.27. The molecule has 0 aliphatic carbocycles. The SMILES string of the molecule is c1ccc(-c2ccc3c(c2)oc2c(-c4ccccc4)ccc(N(c4ccc5sc6cc(-c7ccccc7)ccc6c5c4)c4c(-c5ccccc5)cccc4-c4ccccc4)c23)cc1. The van der Waals surface area contributed by atoms with Gasteiger partial charge in [0.15, 0.2) is 0 Å². The number of anilines is 3. The number of furan rings is 1. The van der Waals surface area contributed by atoms with Crippen LogP contribution >= 0.6 is 11.3 Å². The van der Waals surface area contributed by atoms with E-state index in [4.69, 9.17) is 4.42 Å². The minimum Gasteiger partial charge on any atom is -0.455 e. The number of hydrogen-bond donors (Lipinski definition) is 0. The molecule has 0 unspecified atom stereocenters. The van der Waals surface area contributed by atoms with E-state index in [2.05, 4.69) is 241 Å². The van der Waals surface area contributed by atoms with Gasteiger partial charge in [0.1, 0.15) is 11.2 Å². The van der Waals surface area contributed by atoms with Crippen molar-refractivity contribution >= 4 is 70.5 Å². The molecule has 2 aromatic heterocycles. The van der Waals surface area contributed by atoms with Crippen molar-refractivity contribution < 1.29 is 4.42 Å². The standard InChI is InChI=1S/C60H39NOS/c1-6-17-40(18-7-1)45-30-33-52-55(37-45)62-60-50(44-25-14-5-15-26-44)34-35-54(58(52)60)61(59-48(42-21-10-3-11-22-42)27-16-28-49(59)43-23-12-4-13-24-43)47-31-36-56-53(39-47)51-32-29-46(38-57(51)63-56)41-19-8-2-9-20-41/h1-39H. The quantitative estimate of drug-likeness (QED) is 0.152. The van der Waals surface area contributed by atoms with Crippen molar-refractivity contribution in [3.63, 3.8) is 0 Å². The van der Waals surface area contributed by atoms with Gasteiger partial charge in [0.2, 0.25) is 0 Å². The first-order valence-electron chi connectivity index (χ1n) is 21.4. The van der Waals surface area contributed by atoms with Crippen LogP contribution in [0.5, 0.6) is 0 Å². The number of thiophene rings is 1. The fourth-order valence-electron chi connectivity index (χ4n) is 9.29. The second-order valence-electron chi connectivity index (χ2n) is 16.0. The molecule has 10 aromatic carbocycles. The van der Waals surface area contributed by atoms with Crippen molar-refractivity contribution in [2.75, 3.05) is 4.90 Å². The summed E-state index contributed by atoms with van der Waals surface area (Å²) in [6.45, 7) is 0. The molecule has 0 aliphatic rings. The Kier molecular flexibility index (Phi) is 9.06. The van der Waals surface area contributed by atoms with Crippen molar-refractivity contribution in [2.24, 2.45) is 0 Å². The third-order valence-electron chi connectivity index (χ3n) is 12.3. The Morgan fingerprint density at radius 1 is 0.333 bits per heavy atom. The molecule has 2 nitrogen and oxygen atoms in total. The highest BCUT2D eigenvalue weighted by Crippen LogP contribution is 2.52. The van der Waals surface area contributed by atoms with Crippen molar-refractivity contribution in [2.45, 2.75) is 0 Å². The van der Waals surface area contributed by atoms with E-state index in [0.717, 1.165) is 83.5 Å². The molecule has 0 radical (unpaired) electrons. The molecule has 0 aliphatic heterocycles. The van der Waals surface area contributed by atoms with Gasteiger partial charge in [0.25, 0.3) is 0 Å². The summed E-state index contributed by atoms with van der Waals surface area (Å²) in [6.07, 6.45) is 0. The summed E-state index contributed by atoms with van der Waals surface area (Å²) >= 11 is 1.85. The summed E-state index contributed by atoms with van der Waals surface area (Å²) in [5, 5.41) is 4.62.